The molecule has 0 unspecified atom stereocenters. The van der Waals surface area contributed by atoms with Crippen molar-refractivity contribution < 1.29 is 24.2 Å². The number of rotatable bonds is 6. The Morgan fingerprint density at radius 1 is 1.22 bits per heavy atom. The van der Waals surface area contributed by atoms with E-state index in [1.165, 1.54) is 32.1 Å². The van der Waals surface area contributed by atoms with Gasteiger partial charge in [-0.25, -0.2) is 4.79 Å². The number of aromatic carboxylic acids is 1. The molecule has 1 fully saturated rings. The summed E-state index contributed by atoms with van der Waals surface area (Å²) in [7, 11) is 1.48. The lowest BCUT2D eigenvalue weighted by atomic mass is 10.1. The van der Waals surface area contributed by atoms with Gasteiger partial charge in [0.15, 0.2) is 6.61 Å². The molecule has 1 aromatic carbocycles. The summed E-state index contributed by atoms with van der Waals surface area (Å²) < 4.78 is 10.5. The molecule has 0 spiro atoms. The Balaban J connectivity index is 1.93. The number of hydrogen-bond acceptors (Lipinski definition) is 4. The minimum atomic E-state index is -1.10. The Labute approximate surface area is 135 Å². The number of ether oxygens (including phenoxy) is 2. The molecule has 6 nitrogen and oxygen atoms in total. The summed E-state index contributed by atoms with van der Waals surface area (Å²) in [6, 6.07) is 4.61. The van der Waals surface area contributed by atoms with E-state index in [2.05, 4.69) is 5.32 Å². The number of carbonyl (C=O) groups is 2. The van der Waals surface area contributed by atoms with E-state index in [0.29, 0.717) is 5.75 Å². The molecule has 0 bridgehead atoms. The molecular weight excluding hydrogens is 298 g/mol. The van der Waals surface area contributed by atoms with Gasteiger partial charge < -0.3 is 19.9 Å². The number of amides is 1. The summed E-state index contributed by atoms with van der Waals surface area (Å²) in [5.41, 5.74) is 0.00747. The van der Waals surface area contributed by atoms with Gasteiger partial charge in [-0.2, -0.15) is 0 Å². The van der Waals surface area contributed by atoms with E-state index in [4.69, 9.17) is 14.6 Å². The number of carboxylic acid groups (broad SMARTS) is 1. The van der Waals surface area contributed by atoms with Crippen LogP contribution in [0.2, 0.25) is 0 Å². The van der Waals surface area contributed by atoms with Gasteiger partial charge in [-0.1, -0.05) is 25.7 Å². The van der Waals surface area contributed by atoms with E-state index in [-0.39, 0.29) is 29.9 Å². The van der Waals surface area contributed by atoms with Gasteiger partial charge in [0, 0.05) is 12.1 Å². The topological polar surface area (TPSA) is 84.9 Å². The number of nitrogens with one attached hydrogen (secondary N) is 1. The summed E-state index contributed by atoms with van der Waals surface area (Å²) in [5, 5.41) is 12.1. The molecule has 1 amide bonds. The zero-order chi connectivity index (χ0) is 16.7. The van der Waals surface area contributed by atoms with Crippen molar-refractivity contribution in [2.45, 2.75) is 44.6 Å². The Hall–Kier alpha value is -2.24. The van der Waals surface area contributed by atoms with Crippen LogP contribution in [-0.4, -0.2) is 36.7 Å². The van der Waals surface area contributed by atoms with Crippen LogP contribution in [0.4, 0.5) is 0 Å². The van der Waals surface area contributed by atoms with E-state index in [9.17, 15) is 9.59 Å². The lowest BCUT2D eigenvalue weighted by Crippen LogP contribution is -2.37. The molecule has 126 valence electrons. The first-order valence-electron chi connectivity index (χ1n) is 7.93. The van der Waals surface area contributed by atoms with Gasteiger partial charge >= 0.3 is 5.97 Å². The first-order valence-corrected chi connectivity index (χ1v) is 7.93. The third-order valence-electron chi connectivity index (χ3n) is 4.00. The van der Waals surface area contributed by atoms with E-state index >= 15 is 0 Å². The summed E-state index contributed by atoms with van der Waals surface area (Å²) in [6.07, 6.45) is 6.68. The van der Waals surface area contributed by atoms with Crippen molar-refractivity contribution in [3.63, 3.8) is 0 Å². The zero-order valence-electron chi connectivity index (χ0n) is 13.3. The van der Waals surface area contributed by atoms with Crippen LogP contribution in [0.15, 0.2) is 18.2 Å². The highest BCUT2D eigenvalue weighted by Crippen LogP contribution is 2.25. The van der Waals surface area contributed by atoms with Gasteiger partial charge in [-0.3, -0.25) is 4.79 Å². The van der Waals surface area contributed by atoms with Crippen LogP contribution < -0.4 is 14.8 Å². The largest absolute Gasteiger partial charge is 0.497 e. The van der Waals surface area contributed by atoms with E-state index in [0.717, 1.165) is 25.7 Å². The molecule has 2 rings (SSSR count). The number of hydrogen-bond donors (Lipinski definition) is 2. The maximum Gasteiger partial charge on any atom is 0.339 e. The smallest absolute Gasteiger partial charge is 0.339 e. The third kappa shape index (κ3) is 5.16. The lowest BCUT2D eigenvalue weighted by molar-refractivity contribution is -0.123. The first-order chi connectivity index (χ1) is 11.1. The van der Waals surface area contributed by atoms with Crippen molar-refractivity contribution in [3.8, 4) is 11.5 Å². The minimum Gasteiger partial charge on any atom is -0.497 e. The highest BCUT2D eigenvalue weighted by molar-refractivity contribution is 5.91. The molecular formula is C17H23NO5. The summed E-state index contributed by atoms with van der Waals surface area (Å²) in [5.74, 6) is -0.718. The second kappa shape index (κ2) is 8.41. The minimum absolute atomic E-state index is 0.00747. The highest BCUT2D eigenvalue weighted by atomic mass is 16.5. The van der Waals surface area contributed by atoms with E-state index in [1.807, 2.05) is 0 Å². The van der Waals surface area contributed by atoms with Crippen molar-refractivity contribution in [3.05, 3.63) is 23.8 Å². The van der Waals surface area contributed by atoms with Gasteiger partial charge in [0.25, 0.3) is 5.91 Å². The Morgan fingerprint density at radius 3 is 2.52 bits per heavy atom. The van der Waals surface area contributed by atoms with Gasteiger partial charge in [0.05, 0.1) is 7.11 Å². The lowest BCUT2D eigenvalue weighted by Gasteiger charge is -2.17. The fourth-order valence-corrected chi connectivity index (χ4v) is 2.76. The fraction of sp³-hybridized carbons (Fsp3) is 0.529. The molecule has 23 heavy (non-hydrogen) atoms. The fourth-order valence-electron chi connectivity index (χ4n) is 2.76. The summed E-state index contributed by atoms with van der Waals surface area (Å²) >= 11 is 0. The average Bonchev–Trinajstić information content (AvgIpc) is 2.81. The molecule has 0 atom stereocenters. The normalized spacial score (nSPS) is 15.5. The number of carboxylic acids is 1. The summed E-state index contributed by atoms with van der Waals surface area (Å²) in [4.78, 5) is 23.2. The molecule has 1 aromatic rings. The van der Waals surface area contributed by atoms with Crippen LogP contribution >= 0.6 is 0 Å². The van der Waals surface area contributed by atoms with Crippen molar-refractivity contribution in [1.29, 1.82) is 0 Å². The van der Waals surface area contributed by atoms with Crippen molar-refractivity contribution >= 4 is 11.9 Å². The molecule has 0 saturated heterocycles. The average molecular weight is 321 g/mol. The monoisotopic (exact) mass is 321 g/mol. The second-order valence-corrected chi connectivity index (χ2v) is 5.71. The highest BCUT2D eigenvalue weighted by Gasteiger charge is 2.17. The van der Waals surface area contributed by atoms with Gasteiger partial charge in [0.1, 0.15) is 17.1 Å². The molecule has 1 aliphatic rings. The van der Waals surface area contributed by atoms with Crippen LogP contribution in [0, 0.1) is 0 Å². The van der Waals surface area contributed by atoms with Crippen molar-refractivity contribution in [1.82, 2.24) is 5.32 Å². The van der Waals surface area contributed by atoms with Gasteiger partial charge in [-0.05, 0) is 25.0 Å². The molecule has 2 N–H and O–H groups in total. The van der Waals surface area contributed by atoms with Crippen LogP contribution in [0.25, 0.3) is 0 Å². The molecule has 1 saturated carbocycles. The van der Waals surface area contributed by atoms with Gasteiger partial charge in [-0.15, -0.1) is 0 Å². The maximum absolute atomic E-state index is 12.0. The molecule has 0 aliphatic heterocycles. The Morgan fingerprint density at radius 2 is 1.91 bits per heavy atom. The molecule has 0 aromatic heterocycles. The SMILES string of the molecule is COc1ccc(C(=O)O)c(OCC(=O)NC2CCCCCC2)c1. The van der Waals surface area contributed by atoms with E-state index < -0.39 is 5.97 Å². The predicted octanol–water partition coefficient (Wildman–Crippen LogP) is 2.61. The number of methoxy groups -OCH3 is 1. The van der Waals surface area contributed by atoms with Gasteiger partial charge in [0.2, 0.25) is 0 Å². The number of benzene rings is 1. The van der Waals surface area contributed by atoms with Crippen LogP contribution in [0.3, 0.4) is 0 Å². The molecule has 6 heteroatoms. The molecule has 1 aliphatic carbocycles. The Bertz CT molecular complexity index is 550. The standard InChI is InChI=1S/C17H23NO5/c1-22-13-8-9-14(17(20)21)15(10-13)23-11-16(19)18-12-6-4-2-3-5-7-12/h8-10,12H,2-7,11H2,1H3,(H,18,19)(H,20,21). The zero-order valence-corrected chi connectivity index (χ0v) is 13.3. The second-order valence-electron chi connectivity index (χ2n) is 5.71. The first kappa shape index (κ1) is 17.1. The third-order valence-corrected chi connectivity index (χ3v) is 4.00. The predicted molar refractivity (Wildman–Crippen MR) is 85.1 cm³/mol. The van der Waals surface area contributed by atoms with Crippen LogP contribution in [-0.2, 0) is 4.79 Å². The number of carbonyl (C=O) groups excluding carboxylic acids is 1. The maximum atomic E-state index is 12.0. The van der Waals surface area contributed by atoms with Crippen LogP contribution in [0.1, 0.15) is 48.9 Å². The Kier molecular flexibility index (Phi) is 6.26. The molecule has 0 radical (unpaired) electrons. The molecule has 0 heterocycles. The quantitative estimate of drug-likeness (QED) is 0.787. The van der Waals surface area contributed by atoms with Crippen molar-refractivity contribution in [2.24, 2.45) is 0 Å². The summed E-state index contributed by atoms with van der Waals surface area (Å²) in [6.45, 7) is -0.204. The van der Waals surface area contributed by atoms with E-state index in [1.54, 1.807) is 6.07 Å². The van der Waals surface area contributed by atoms with Crippen LogP contribution in [0.5, 0.6) is 11.5 Å². The van der Waals surface area contributed by atoms with Crippen molar-refractivity contribution in [2.75, 3.05) is 13.7 Å².